The molecule has 0 aromatic heterocycles. The molecule has 1 atom stereocenters. The van der Waals surface area contributed by atoms with Crippen LogP contribution < -0.4 is 0 Å². The van der Waals surface area contributed by atoms with Crippen molar-refractivity contribution in [3.63, 3.8) is 0 Å². The van der Waals surface area contributed by atoms with Crippen LogP contribution in [0, 0.1) is 11.8 Å². The van der Waals surface area contributed by atoms with Gasteiger partial charge in [-0.15, -0.1) is 0 Å². The smallest absolute Gasteiger partial charge is 0.336 e. The van der Waals surface area contributed by atoms with Crippen LogP contribution in [0.25, 0.3) is 0 Å². The molecule has 0 spiro atoms. The second kappa shape index (κ2) is 5.96. The van der Waals surface area contributed by atoms with Crippen molar-refractivity contribution < 1.29 is 15.0 Å². The van der Waals surface area contributed by atoms with Crippen molar-refractivity contribution in [1.82, 2.24) is 0 Å². The van der Waals surface area contributed by atoms with Crippen LogP contribution in [-0.2, 0) is 4.79 Å². The lowest BCUT2D eigenvalue weighted by Gasteiger charge is -2.40. The van der Waals surface area contributed by atoms with Gasteiger partial charge in [0.15, 0.2) is 5.60 Å². The molecular weight excluding hydrogens is 252 g/mol. The van der Waals surface area contributed by atoms with Gasteiger partial charge in [0.1, 0.15) is 0 Å². The maximum atomic E-state index is 11.5. The van der Waals surface area contributed by atoms with Gasteiger partial charge in [-0.1, -0.05) is 44.2 Å². The number of carbonyl (C=O) groups is 1. The minimum atomic E-state index is -1.58. The zero-order valence-electron chi connectivity index (χ0n) is 12.2. The van der Waals surface area contributed by atoms with Gasteiger partial charge >= 0.3 is 5.97 Å². The first-order valence-corrected chi connectivity index (χ1v) is 7.47. The molecule has 1 fully saturated rings. The van der Waals surface area contributed by atoms with Crippen LogP contribution in [0.4, 0.5) is 0 Å². The molecule has 0 aliphatic heterocycles. The maximum Gasteiger partial charge on any atom is 0.336 e. The number of benzene rings is 1. The summed E-state index contributed by atoms with van der Waals surface area (Å²) in [5.41, 5.74) is -0.254. The quantitative estimate of drug-likeness (QED) is 0.885. The van der Waals surface area contributed by atoms with E-state index in [4.69, 9.17) is 0 Å². The van der Waals surface area contributed by atoms with Crippen LogP contribution >= 0.6 is 0 Å². The highest BCUT2D eigenvalue weighted by molar-refractivity contribution is 5.78. The standard InChI is InChI=1S/C17H24O3/c1-12(2)17(20,16(18)19)15-10-8-14(9-11-15)13-6-4-3-5-7-13/h3-7,12,14-15,20H,8-11H2,1-2H3,(H,18,19). The van der Waals surface area contributed by atoms with Crippen LogP contribution in [0.15, 0.2) is 30.3 Å². The third kappa shape index (κ3) is 2.73. The van der Waals surface area contributed by atoms with E-state index >= 15 is 0 Å². The van der Waals surface area contributed by atoms with Crippen molar-refractivity contribution >= 4 is 5.97 Å². The Bertz CT molecular complexity index is 447. The normalized spacial score (nSPS) is 26.2. The number of rotatable bonds is 4. The van der Waals surface area contributed by atoms with Gasteiger partial charge in [0.05, 0.1) is 0 Å². The van der Waals surface area contributed by atoms with Gasteiger partial charge in [0.2, 0.25) is 0 Å². The predicted molar refractivity (Wildman–Crippen MR) is 78.6 cm³/mol. The van der Waals surface area contributed by atoms with Gasteiger partial charge < -0.3 is 10.2 Å². The van der Waals surface area contributed by atoms with Crippen molar-refractivity contribution in [1.29, 1.82) is 0 Å². The van der Waals surface area contributed by atoms with E-state index in [-0.39, 0.29) is 11.8 Å². The summed E-state index contributed by atoms with van der Waals surface area (Å²) in [6.45, 7) is 3.58. The van der Waals surface area contributed by atoms with E-state index in [0.717, 1.165) is 25.7 Å². The molecule has 2 N–H and O–H groups in total. The van der Waals surface area contributed by atoms with Crippen molar-refractivity contribution in [3.8, 4) is 0 Å². The average molecular weight is 276 g/mol. The third-order valence-corrected chi connectivity index (χ3v) is 4.84. The molecule has 0 bridgehead atoms. The summed E-state index contributed by atoms with van der Waals surface area (Å²) in [5, 5.41) is 19.9. The fourth-order valence-corrected chi connectivity index (χ4v) is 3.49. The Labute approximate surface area is 120 Å². The Morgan fingerprint density at radius 2 is 1.70 bits per heavy atom. The van der Waals surface area contributed by atoms with Gasteiger partial charge in [0.25, 0.3) is 0 Å². The van der Waals surface area contributed by atoms with E-state index in [0.29, 0.717) is 5.92 Å². The molecule has 0 heterocycles. The largest absolute Gasteiger partial charge is 0.479 e. The van der Waals surface area contributed by atoms with Crippen LogP contribution in [0.3, 0.4) is 0 Å². The van der Waals surface area contributed by atoms with E-state index < -0.39 is 11.6 Å². The molecule has 0 radical (unpaired) electrons. The third-order valence-electron chi connectivity index (χ3n) is 4.84. The first kappa shape index (κ1) is 15.0. The summed E-state index contributed by atoms with van der Waals surface area (Å²) < 4.78 is 0. The first-order valence-electron chi connectivity index (χ1n) is 7.47. The molecule has 1 aromatic rings. The summed E-state index contributed by atoms with van der Waals surface area (Å²) >= 11 is 0. The molecule has 1 unspecified atom stereocenters. The molecule has 1 aliphatic carbocycles. The van der Waals surface area contributed by atoms with Crippen molar-refractivity contribution in [2.75, 3.05) is 0 Å². The van der Waals surface area contributed by atoms with Gasteiger partial charge in [-0.2, -0.15) is 0 Å². The number of carboxylic acid groups (broad SMARTS) is 1. The first-order chi connectivity index (χ1) is 9.46. The number of aliphatic hydroxyl groups is 1. The molecule has 20 heavy (non-hydrogen) atoms. The minimum Gasteiger partial charge on any atom is -0.479 e. The predicted octanol–water partition coefficient (Wildman–Crippen LogP) is 3.43. The molecule has 3 nitrogen and oxygen atoms in total. The number of carboxylic acids is 1. The lowest BCUT2D eigenvalue weighted by atomic mass is 9.68. The number of hydrogen-bond donors (Lipinski definition) is 2. The summed E-state index contributed by atoms with van der Waals surface area (Å²) in [6.07, 6.45) is 3.47. The zero-order valence-corrected chi connectivity index (χ0v) is 12.2. The summed E-state index contributed by atoms with van der Waals surface area (Å²) in [4.78, 5) is 11.5. The van der Waals surface area contributed by atoms with E-state index in [1.807, 2.05) is 18.2 Å². The van der Waals surface area contributed by atoms with E-state index in [1.165, 1.54) is 5.56 Å². The van der Waals surface area contributed by atoms with Crippen molar-refractivity contribution in [2.45, 2.75) is 51.0 Å². The van der Waals surface area contributed by atoms with Gasteiger partial charge in [0, 0.05) is 0 Å². The Morgan fingerprint density at radius 1 is 1.15 bits per heavy atom. The lowest BCUT2D eigenvalue weighted by Crippen LogP contribution is -2.51. The maximum absolute atomic E-state index is 11.5. The second-order valence-corrected chi connectivity index (χ2v) is 6.24. The molecule has 0 amide bonds. The number of hydrogen-bond acceptors (Lipinski definition) is 2. The average Bonchev–Trinajstić information content (AvgIpc) is 2.47. The van der Waals surface area contributed by atoms with Crippen molar-refractivity contribution in [3.05, 3.63) is 35.9 Å². The molecule has 1 aliphatic rings. The summed E-state index contributed by atoms with van der Waals surface area (Å²) in [6, 6.07) is 10.4. The highest BCUT2D eigenvalue weighted by Gasteiger charge is 2.47. The Balaban J connectivity index is 2.06. The molecule has 1 aromatic carbocycles. The molecule has 0 saturated heterocycles. The SMILES string of the molecule is CC(C)C(O)(C(=O)O)C1CCC(c2ccccc2)CC1. The van der Waals surface area contributed by atoms with E-state index in [9.17, 15) is 15.0 Å². The molecule has 1 saturated carbocycles. The van der Waals surface area contributed by atoms with E-state index in [2.05, 4.69) is 12.1 Å². The Hall–Kier alpha value is -1.35. The summed E-state index contributed by atoms with van der Waals surface area (Å²) in [5.74, 6) is -0.980. The molecule has 3 heteroatoms. The monoisotopic (exact) mass is 276 g/mol. The minimum absolute atomic E-state index is 0.139. The zero-order chi connectivity index (χ0) is 14.8. The van der Waals surface area contributed by atoms with Crippen LogP contribution in [0.2, 0.25) is 0 Å². The van der Waals surface area contributed by atoms with Crippen LogP contribution in [0.5, 0.6) is 0 Å². The summed E-state index contributed by atoms with van der Waals surface area (Å²) in [7, 11) is 0. The van der Waals surface area contributed by atoms with Crippen LogP contribution in [0.1, 0.15) is 51.0 Å². The highest BCUT2D eigenvalue weighted by Crippen LogP contribution is 2.42. The topological polar surface area (TPSA) is 57.5 Å². The fourth-order valence-electron chi connectivity index (χ4n) is 3.49. The van der Waals surface area contributed by atoms with Gasteiger partial charge in [-0.3, -0.25) is 0 Å². The van der Waals surface area contributed by atoms with Crippen LogP contribution in [-0.4, -0.2) is 21.8 Å². The highest BCUT2D eigenvalue weighted by atomic mass is 16.4. The van der Waals surface area contributed by atoms with E-state index in [1.54, 1.807) is 13.8 Å². The Kier molecular flexibility index (Phi) is 4.48. The second-order valence-electron chi connectivity index (χ2n) is 6.24. The Morgan fingerprint density at radius 3 is 2.15 bits per heavy atom. The number of aliphatic carboxylic acids is 1. The van der Waals surface area contributed by atoms with Crippen molar-refractivity contribution in [2.24, 2.45) is 11.8 Å². The molecule has 2 rings (SSSR count). The fraction of sp³-hybridized carbons (Fsp3) is 0.588. The molecular formula is C17H24O3. The van der Waals surface area contributed by atoms with Gasteiger partial charge in [-0.25, -0.2) is 4.79 Å². The lowest BCUT2D eigenvalue weighted by molar-refractivity contribution is -0.173. The molecule has 110 valence electrons. The van der Waals surface area contributed by atoms with Gasteiger partial charge in [-0.05, 0) is 49.0 Å².